The summed E-state index contributed by atoms with van der Waals surface area (Å²) >= 11 is 0. The van der Waals surface area contributed by atoms with Crippen LogP contribution in [0.2, 0.25) is 0 Å². The Morgan fingerprint density at radius 2 is 1.91 bits per heavy atom. The summed E-state index contributed by atoms with van der Waals surface area (Å²) in [6, 6.07) is 8.73. The Hall–Kier alpha value is -4.42. The van der Waals surface area contributed by atoms with E-state index in [0.717, 1.165) is 49.2 Å². The Labute approximate surface area is 265 Å². The number of hydrogen-bond donors (Lipinski definition) is 3. The van der Waals surface area contributed by atoms with Crippen molar-refractivity contribution in [2.24, 2.45) is 5.92 Å². The molecule has 0 spiro atoms. The van der Waals surface area contributed by atoms with Gasteiger partial charge in [-0.05, 0) is 82.2 Å². The van der Waals surface area contributed by atoms with Gasteiger partial charge < -0.3 is 15.0 Å². The highest BCUT2D eigenvalue weighted by Gasteiger charge is 2.35. The van der Waals surface area contributed by atoms with E-state index < -0.39 is 23.0 Å². The first-order chi connectivity index (χ1) is 22.0. The monoisotopic (exact) mass is 634 g/mol. The van der Waals surface area contributed by atoms with E-state index in [1.165, 1.54) is 25.3 Å². The Morgan fingerprint density at radius 3 is 2.63 bits per heavy atom. The summed E-state index contributed by atoms with van der Waals surface area (Å²) in [5.74, 6) is -2.72. The molecule has 242 valence electrons. The molecule has 2 aliphatic heterocycles. The van der Waals surface area contributed by atoms with Crippen molar-refractivity contribution in [3.8, 4) is 16.9 Å². The summed E-state index contributed by atoms with van der Waals surface area (Å²) in [6.45, 7) is 7.45. The number of halogens is 3. The molecule has 3 heterocycles. The number of aryl methyl sites for hydroxylation is 1. The molecule has 2 aliphatic rings. The second-order valence-corrected chi connectivity index (χ2v) is 12.2. The molecule has 0 aliphatic carbocycles. The number of aromatic nitrogens is 2. The number of carbonyl (C=O) groups excluding carboxylic acids is 1. The highest BCUT2D eigenvalue weighted by Crippen LogP contribution is 2.45. The van der Waals surface area contributed by atoms with Crippen molar-refractivity contribution in [3.05, 3.63) is 71.2 Å². The van der Waals surface area contributed by atoms with Gasteiger partial charge in [0.05, 0.1) is 28.8 Å². The third kappa shape index (κ3) is 5.94. The molecule has 1 aromatic heterocycles. The van der Waals surface area contributed by atoms with Gasteiger partial charge in [0, 0.05) is 35.2 Å². The zero-order valence-electron chi connectivity index (χ0n) is 26.2. The molecule has 46 heavy (non-hydrogen) atoms. The molecule has 0 amide bonds. The van der Waals surface area contributed by atoms with Crippen molar-refractivity contribution in [2.45, 2.75) is 52.0 Å². The van der Waals surface area contributed by atoms with Crippen LogP contribution < -0.4 is 20.7 Å². The molecule has 3 N–H and O–H groups in total. The van der Waals surface area contributed by atoms with Gasteiger partial charge in [-0.2, -0.15) is 5.17 Å². The number of anilines is 3. The molecular weight excluding hydrogens is 597 g/mol. The fourth-order valence-corrected chi connectivity index (χ4v) is 6.18. The minimum Gasteiger partial charge on any atom is -0.490 e. The van der Waals surface area contributed by atoms with Gasteiger partial charge in [-0.3, -0.25) is 15.4 Å². The molecule has 1 saturated heterocycles. The Balaban J connectivity index is 1.29. The normalized spacial score (nSPS) is 17.4. The number of likely N-dealkylation sites (tertiary alicyclic amines) is 1. The van der Waals surface area contributed by atoms with E-state index in [0.29, 0.717) is 28.8 Å². The van der Waals surface area contributed by atoms with Gasteiger partial charge in [-0.25, -0.2) is 23.1 Å². The van der Waals surface area contributed by atoms with E-state index in [1.54, 1.807) is 6.07 Å². The van der Waals surface area contributed by atoms with Crippen molar-refractivity contribution in [2.75, 3.05) is 42.7 Å². The zero-order chi connectivity index (χ0) is 32.7. The van der Waals surface area contributed by atoms with E-state index in [2.05, 4.69) is 32.7 Å². The van der Waals surface area contributed by atoms with Crippen molar-refractivity contribution >= 4 is 34.0 Å². The minimum atomic E-state index is -1.11. The second kappa shape index (κ2) is 12.8. The Bertz CT molecular complexity index is 1800. The average Bonchev–Trinajstić information content (AvgIpc) is 3.47. The minimum absolute atomic E-state index is 0.0158. The van der Waals surface area contributed by atoms with Gasteiger partial charge in [0.15, 0.2) is 11.6 Å². The van der Waals surface area contributed by atoms with Gasteiger partial charge in [-0.1, -0.05) is 19.9 Å². The number of rotatable bonds is 9. The molecule has 12 heteroatoms. The van der Waals surface area contributed by atoms with Gasteiger partial charge in [-0.15, -0.1) is 0 Å². The fourth-order valence-electron chi connectivity index (χ4n) is 6.18. The van der Waals surface area contributed by atoms with Crippen LogP contribution in [0.15, 0.2) is 42.6 Å². The van der Waals surface area contributed by atoms with Crippen LogP contribution in [0.3, 0.4) is 0 Å². The molecule has 0 bridgehead atoms. The molecule has 0 saturated carbocycles. The molecule has 0 radical (unpaired) electrons. The fraction of sp³-hybridized carbons (Fsp3) is 0.382. The lowest BCUT2D eigenvalue weighted by Crippen LogP contribution is -2.37. The summed E-state index contributed by atoms with van der Waals surface area (Å²) < 4.78 is 52.9. The van der Waals surface area contributed by atoms with Crippen LogP contribution in [0.1, 0.15) is 50.7 Å². The zero-order valence-corrected chi connectivity index (χ0v) is 26.2. The van der Waals surface area contributed by atoms with Gasteiger partial charge in [0.25, 0.3) is 0 Å². The Morgan fingerprint density at radius 1 is 1.15 bits per heavy atom. The van der Waals surface area contributed by atoms with Crippen molar-refractivity contribution < 1.29 is 27.9 Å². The summed E-state index contributed by atoms with van der Waals surface area (Å²) in [5, 5.41) is 15.0. The first-order valence-corrected chi connectivity index (χ1v) is 15.5. The maximum absolute atomic E-state index is 16.0. The van der Waals surface area contributed by atoms with Crippen molar-refractivity contribution in [1.82, 2.24) is 14.9 Å². The lowest BCUT2D eigenvalue weighted by Gasteiger charge is -2.29. The molecular formula is C34H37F3N6O3. The number of ketones is 1. The molecule has 2 unspecified atom stereocenters. The maximum atomic E-state index is 16.0. The van der Waals surface area contributed by atoms with Crippen LogP contribution in [0, 0.1) is 23.4 Å². The summed E-state index contributed by atoms with van der Waals surface area (Å²) in [6.07, 6.45) is 3.80. The molecule has 9 nitrogen and oxygen atoms in total. The number of nitrogens with one attached hydrogen (secondary N) is 2. The van der Waals surface area contributed by atoms with Gasteiger partial charge in [0.2, 0.25) is 5.95 Å². The topological polar surface area (TPSA) is 103 Å². The van der Waals surface area contributed by atoms with Gasteiger partial charge in [0.1, 0.15) is 23.1 Å². The van der Waals surface area contributed by atoms with Crippen LogP contribution in [0.5, 0.6) is 5.75 Å². The van der Waals surface area contributed by atoms with Crippen LogP contribution in [-0.4, -0.2) is 58.6 Å². The van der Waals surface area contributed by atoms with Crippen molar-refractivity contribution in [3.63, 3.8) is 0 Å². The summed E-state index contributed by atoms with van der Waals surface area (Å²) in [7, 11) is 2.07. The van der Waals surface area contributed by atoms with Crippen molar-refractivity contribution in [1.29, 1.82) is 0 Å². The highest BCUT2D eigenvalue weighted by atomic mass is 19.1. The summed E-state index contributed by atoms with van der Waals surface area (Å²) in [4.78, 5) is 23.1. The second-order valence-electron chi connectivity index (χ2n) is 12.2. The third-order valence-corrected chi connectivity index (χ3v) is 9.18. The number of hydrazine groups is 1. The third-order valence-electron chi connectivity index (χ3n) is 9.18. The number of nitrogens with zero attached hydrogens (tertiary/aromatic N) is 4. The van der Waals surface area contributed by atoms with E-state index >= 15 is 13.2 Å². The molecule has 6 rings (SSSR count). The SMILES string of the molecule is CCc1cc2c(c(N(O)Nc3ccc(F)c(-c4ccc5nc(NC6CCN(C)CC6)ncc5c4F)c3F)c1)OCC2C(C)C(C)=O. The van der Waals surface area contributed by atoms with Crippen LogP contribution in [0.4, 0.5) is 30.5 Å². The van der Waals surface area contributed by atoms with E-state index in [4.69, 9.17) is 4.74 Å². The van der Waals surface area contributed by atoms with Crippen LogP contribution in [-0.2, 0) is 11.2 Å². The first kappa shape index (κ1) is 31.6. The molecule has 1 fully saturated rings. The smallest absolute Gasteiger partial charge is 0.223 e. The number of fused-ring (bicyclic) bond motifs is 2. The molecule has 4 aromatic rings. The van der Waals surface area contributed by atoms with E-state index in [9.17, 15) is 10.0 Å². The standard InChI is InChI=1S/C34H37F3N6O3/c1-5-20-14-23-25(18(2)19(3)44)17-46-33(23)29(15-20)43(45)41-28-9-7-26(35)30(32(28)37)22-6-8-27-24(31(22)36)16-38-34(40-27)39-21-10-12-42(4)13-11-21/h6-9,14-16,18,21,25,41,45H,5,10-13,17H2,1-4H3,(H,38,39,40). The predicted octanol–water partition coefficient (Wildman–Crippen LogP) is 6.71. The van der Waals surface area contributed by atoms with Gasteiger partial charge >= 0.3 is 0 Å². The number of piperidine rings is 1. The number of hydrogen-bond acceptors (Lipinski definition) is 9. The Kier molecular flexibility index (Phi) is 8.75. The van der Waals surface area contributed by atoms with Crippen LogP contribution >= 0.6 is 0 Å². The van der Waals surface area contributed by atoms with Crippen LogP contribution in [0.25, 0.3) is 22.0 Å². The molecule has 2 atom stereocenters. The number of benzene rings is 3. The lowest BCUT2D eigenvalue weighted by molar-refractivity contribution is -0.121. The number of ether oxygens (including phenoxy) is 1. The highest BCUT2D eigenvalue weighted by molar-refractivity contribution is 5.86. The number of Topliss-reactive ketones (excluding diaryl/α,β-unsaturated/α-hetero) is 1. The van der Waals surface area contributed by atoms with E-state index in [-0.39, 0.29) is 52.6 Å². The molecule has 3 aromatic carbocycles. The predicted molar refractivity (Wildman–Crippen MR) is 171 cm³/mol. The maximum Gasteiger partial charge on any atom is 0.223 e. The number of carbonyl (C=O) groups is 1. The van der Waals surface area contributed by atoms with E-state index in [1.807, 2.05) is 19.9 Å². The lowest BCUT2D eigenvalue weighted by atomic mass is 9.85. The quantitative estimate of drug-likeness (QED) is 0.174. The average molecular weight is 635 g/mol. The largest absolute Gasteiger partial charge is 0.490 e. The summed E-state index contributed by atoms with van der Waals surface area (Å²) in [5.41, 5.74) is 3.48. The first-order valence-electron chi connectivity index (χ1n) is 15.5.